The van der Waals surface area contributed by atoms with Gasteiger partial charge in [-0.25, -0.2) is 4.39 Å². The van der Waals surface area contributed by atoms with E-state index < -0.39 is 0 Å². The predicted molar refractivity (Wildman–Crippen MR) is 98.5 cm³/mol. The summed E-state index contributed by atoms with van der Waals surface area (Å²) in [7, 11) is 0. The summed E-state index contributed by atoms with van der Waals surface area (Å²) in [5.41, 5.74) is 2.18. The molecule has 4 rings (SSSR count). The summed E-state index contributed by atoms with van der Waals surface area (Å²) >= 11 is 0. The maximum Gasteiger partial charge on any atom is 0.131 e. The Bertz CT molecular complexity index is 869. The van der Waals surface area contributed by atoms with E-state index in [1.165, 1.54) is 17.7 Å². The van der Waals surface area contributed by atoms with E-state index in [9.17, 15) is 4.39 Å². The van der Waals surface area contributed by atoms with Crippen LogP contribution >= 0.6 is 0 Å². The van der Waals surface area contributed by atoms with E-state index in [-0.39, 0.29) is 5.82 Å². The number of benzene rings is 2. The van der Waals surface area contributed by atoms with Gasteiger partial charge in [0, 0.05) is 30.9 Å². The van der Waals surface area contributed by atoms with Crippen LogP contribution in [-0.2, 0) is 0 Å². The van der Waals surface area contributed by atoms with E-state index >= 15 is 0 Å². The maximum atomic E-state index is 13.0. The molecule has 0 saturated heterocycles. The van der Waals surface area contributed by atoms with Gasteiger partial charge in [-0.1, -0.05) is 6.07 Å². The molecule has 0 fully saturated rings. The number of nitrogens with one attached hydrogen (secondary N) is 1. The van der Waals surface area contributed by atoms with Gasteiger partial charge >= 0.3 is 0 Å². The molecule has 0 bridgehead atoms. The number of nitrogens with zero attached hydrogens (tertiary/aromatic N) is 1. The fourth-order valence-corrected chi connectivity index (χ4v) is 3.07. The van der Waals surface area contributed by atoms with Crippen molar-refractivity contribution < 1.29 is 13.9 Å². The molecule has 1 aromatic heterocycles. The minimum absolute atomic E-state index is 0.282. The van der Waals surface area contributed by atoms with E-state index in [2.05, 4.69) is 10.3 Å². The molecule has 3 aromatic rings. The fraction of sp³-hybridized carbons (Fsp3) is 0.190. The van der Waals surface area contributed by atoms with Crippen LogP contribution in [0.5, 0.6) is 17.2 Å². The predicted octanol–water partition coefficient (Wildman–Crippen LogP) is 4.99. The second-order valence-corrected chi connectivity index (χ2v) is 6.21. The molecular formula is C21H19FN2O2. The highest BCUT2D eigenvalue weighted by molar-refractivity contribution is 5.47. The number of ether oxygens (including phenoxy) is 2. The van der Waals surface area contributed by atoms with Crippen molar-refractivity contribution in [2.45, 2.75) is 12.3 Å². The molecule has 1 atom stereocenters. The summed E-state index contributed by atoms with van der Waals surface area (Å²) in [6.45, 7) is 1.49. The highest BCUT2D eigenvalue weighted by atomic mass is 19.1. The molecule has 1 aliphatic rings. The highest BCUT2D eigenvalue weighted by Gasteiger charge is 2.22. The topological polar surface area (TPSA) is 43.4 Å². The first kappa shape index (κ1) is 16.4. The molecule has 0 saturated carbocycles. The molecule has 2 aromatic carbocycles. The van der Waals surface area contributed by atoms with Crippen molar-refractivity contribution in [1.29, 1.82) is 0 Å². The van der Waals surface area contributed by atoms with Crippen molar-refractivity contribution in [3.8, 4) is 17.2 Å². The van der Waals surface area contributed by atoms with Gasteiger partial charge in [0.15, 0.2) is 0 Å². The third-order valence-electron chi connectivity index (χ3n) is 4.41. The van der Waals surface area contributed by atoms with E-state index in [1.54, 1.807) is 18.3 Å². The minimum Gasteiger partial charge on any atom is -0.493 e. The van der Waals surface area contributed by atoms with E-state index in [0.29, 0.717) is 24.0 Å². The molecule has 2 heterocycles. The summed E-state index contributed by atoms with van der Waals surface area (Å²) in [5.74, 6) is 2.19. The lowest BCUT2D eigenvalue weighted by Crippen LogP contribution is -2.20. The summed E-state index contributed by atoms with van der Waals surface area (Å²) in [6, 6.07) is 15.8. The number of anilines is 1. The van der Waals surface area contributed by atoms with Crippen molar-refractivity contribution in [1.82, 2.24) is 4.98 Å². The van der Waals surface area contributed by atoms with Gasteiger partial charge in [-0.15, -0.1) is 0 Å². The second-order valence-electron chi connectivity index (χ2n) is 6.21. The molecule has 1 unspecified atom stereocenters. The van der Waals surface area contributed by atoms with Crippen LogP contribution in [0.3, 0.4) is 0 Å². The zero-order chi connectivity index (χ0) is 17.8. The third-order valence-corrected chi connectivity index (χ3v) is 4.41. The van der Waals surface area contributed by atoms with Gasteiger partial charge in [0.2, 0.25) is 0 Å². The lowest BCUT2D eigenvalue weighted by molar-refractivity contribution is 0.269. The summed E-state index contributed by atoms with van der Waals surface area (Å²) in [5, 5.41) is 3.43. The van der Waals surface area contributed by atoms with Crippen LogP contribution in [0.15, 0.2) is 67.0 Å². The minimum atomic E-state index is -0.282. The smallest absolute Gasteiger partial charge is 0.131 e. The van der Waals surface area contributed by atoms with Crippen molar-refractivity contribution in [2.75, 3.05) is 18.5 Å². The molecule has 1 aliphatic heterocycles. The van der Waals surface area contributed by atoms with E-state index in [4.69, 9.17) is 9.47 Å². The number of hydrogen-bond acceptors (Lipinski definition) is 4. The van der Waals surface area contributed by atoms with Crippen LogP contribution in [0.4, 0.5) is 10.1 Å². The number of hydrogen-bond donors (Lipinski definition) is 1. The Kier molecular flexibility index (Phi) is 4.69. The highest BCUT2D eigenvalue weighted by Crippen LogP contribution is 2.37. The molecule has 0 radical (unpaired) electrons. The zero-order valence-electron chi connectivity index (χ0n) is 14.2. The van der Waals surface area contributed by atoms with Gasteiger partial charge in [0.25, 0.3) is 0 Å². The lowest BCUT2D eigenvalue weighted by Gasteiger charge is -2.27. The van der Waals surface area contributed by atoms with Gasteiger partial charge < -0.3 is 14.8 Å². The van der Waals surface area contributed by atoms with Crippen LogP contribution < -0.4 is 14.8 Å². The van der Waals surface area contributed by atoms with Gasteiger partial charge in [-0.2, -0.15) is 0 Å². The molecule has 0 spiro atoms. The number of halogens is 1. The molecule has 0 aliphatic carbocycles. The van der Waals surface area contributed by atoms with Crippen molar-refractivity contribution in [3.05, 3.63) is 78.4 Å². The van der Waals surface area contributed by atoms with E-state index in [1.807, 2.05) is 36.5 Å². The normalized spacial score (nSPS) is 15.7. The van der Waals surface area contributed by atoms with E-state index in [0.717, 1.165) is 24.4 Å². The first-order valence-corrected chi connectivity index (χ1v) is 8.62. The first-order valence-electron chi connectivity index (χ1n) is 8.62. The summed E-state index contributed by atoms with van der Waals surface area (Å²) in [6.07, 6.45) is 4.54. The number of aromatic nitrogens is 1. The molecule has 4 nitrogen and oxygen atoms in total. The SMILES string of the molecule is Fc1ccc(Oc2ccc3c(c2)OCCC3CNc2cccnc2)cc1. The summed E-state index contributed by atoms with van der Waals surface area (Å²) in [4.78, 5) is 4.12. The first-order chi connectivity index (χ1) is 12.8. The van der Waals surface area contributed by atoms with Gasteiger partial charge in [-0.05, 0) is 54.4 Å². The molecule has 26 heavy (non-hydrogen) atoms. The average molecular weight is 350 g/mol. The molecule has 5 heteroatoms. The largest absolute Gasteiger partial charge is 0.493 e. The molecule has 1 N–H and O–H groups in total. The Balaban J connectivity index is 1.47. The molecule has 0 amide bonds. The average Bonchev–Trinajstić information content (AvgIpc) is 2.69. The quantitative estimate of drug-likeness (QED) is 0.704. The summed E-state index contributed by atoms with van der Waals surface area (Å²) < 4.78 is 24.6. The van der Waals surface area contributed by atoms with Crippen LogP contribution in [0.1, 0.15) is 17.9 Å². The van der Waals surface area contributed by atoms with Crippen LogP contribution in [0.25, 0.3) is 0 Å². The Hall–Kier alpha value is -3.08. The van der Waals surface area contributed by atoms with Crippen LogP contribution in [0.2, 0.25) is 0 Å². The van der Waals surface area contributed by atoms with Crippen LogP contribution in [0, 0.1) is 5.82 Å². The maximum absolute atomic E-state index is 13.0. The Morgan fingerprint density at radius 3 is 2.77 bits per heavy atom. The zero-order valence-corrected chi connectivity index (χ0v) is 14.2. The third kappa shape index (κ3) is 3.77. The number of rotatable bonds is 5. The monoisotopic (exact) mass is 350 g/mol. The van der Waals surface area contributed by atoms with Crippen molar-refractivity contribution in [2.24, 2.45) is 0 Å². The molecular weight excluding hydrogens is 331 g/mol. The van der Waals surface area contributed by atoms with Crippen LogP contribution in [-0.4, -0.2) is 18.1 Å². The number of fused-ring (bicyclic) bond motifs is 1. The fourth-order valence-electron chi connectivity index (χ4n) is 3.07. The Morgan fingerprint density at radius 1 is 1.12 bits per heavy atom. The Morgan fingerprint density at radius 2 is 1.96 bits per heavy atom. The van der Waals surface area contributed by atoms with Gasteiger partial charge in [0.1, 0.15) is 23.1 Å². The number of pyridine rings is 1. The molecule has 132 valence electrons. The van der Waals surface area contributed by atoms with Gasteiger partial charge in [0.05, 0.1) is 12.3 Å². The van der Waals surface area contributed by atoms with Crippen molar-refractivity contribution in [3.63, 3.8) is 0 Å². The van der Waals surface area contributed by atoms with Crippen molar-refractivity contribution >= 4 is 5.69 Å². The van der Waals surface area contributed by atoms with Gasteiger partial charge in [-0.3, -0.25) is 4.98 Å². The lowest BCUT2D eigenvalue weighted by atomic mass is 9.93. The Labute approximate surface area is 151 Å². The standard InChI is InChI=1S/C21H19FN2O2/c22-16-3-5-18(6-4-16)26-19-7-8-20-15(9-11-25-21(20)12-19)13-24-17-2-1-10-23-14-17/h1-8,10,12,14-15,24H,9,11,13H2. The second kappa shape index (κ2) is 7.44.